The van der Waals surface area contributed by atoms with Crippen molar-refractivity contribution in [3.63, 3.8) is 0 Å². The molecule has 0 spiro atoms. The van der Waals surface area contributed by atoms with Crippen molar-refractivity contribution >= 4 is 29.1 Å². The second-order valence-corrected chi connectivity index (χ2v) is 5.22. The maximum Gasteiger partial charge on any atom is 0.250 e. The minimum absolute atomic E-state index is 0.0945. The first kappa shape index (κ1) is 13.8. The molecular weight excluding hydrogens is 266 g/mol. The zero-order valence-corrected chi connectivity index (χ0v) is 11.1. The summed E-state index contributed by atoms with van der Waals surface area (Å²) < 4.78 is 0. The molecular formula is C13H16ClN3O2. The fourth-order valence-electron chi connectivity index (χ4n) is 1.91. The number of anilines is 1. The number of amides is 2. The maximum absolute atomic E-state index is 11.8. The highest BCUT2D eigenvalue weighted by Gasteiger charge is 2.29. The van der Waals surface area contributed by atoms with E-state index >= 15 is 0 Å². The Kier molecular flexibility index (Phi) is 4.07. The van der Waals surface area contributed by atoms with Crippen LogP contribution in [-0.2, 0) is 4.79 Å². The van der Waals surface area contributed by atoms with Crippen LogP contribution in [-0.4, -0.2) is 17.9 Å². The molecule has 102 valence electrons. The Morgan fingerprint density at radius 2 is 2.11 bits per heavy atom. The quantitative estimate of drug-likeness (QED) is 0.763. The van der Waals surface area contributed by atoms with E-state index in [-0.39, 0.29) is 29.0 Å². The summed E-state index contributed by atoms with van der Waals surface area (Å²) in [6, 6.07) is 4.52. The summed E-state index contributed by atoms with van der Waals surface area (Å²) in [7, 11) is 0. The summed E-state index contributed by atoms with van der Waals surface area (Å²) in [5.74, 6) is -0.329. The lowest BCUT2D eigenvalue weighted by molar-refractivity contribution is -0.116. The van der Waals surface area contributed by atoms with Crippen LogP contribution in [0.15, 0.2) is 18.2 Å². The van der Waals surface area contributed by atoms with Gasteiger partial charge in [0.2, 0.25) is 11.8 Å². The van der Waals surface area contributed by atoms with Crippen LogP contribution in [0.4, 0.5) is 5.69 Å². The van der Waals surface area contributed by atoms with Gasteiger partial charge in [0.1, 0.15) is 0 Å². The van der Waals surface area contributed by atoms with E-state index in [1.54, 1.807) is 6.07 Å². The number of primary amides is 1. The number of benzene rings is 1. The Hall–Kier alpha value is -1.59. The van der Waals surface area contributed by atoms with Crippen molar-refractivity contribution in [2.45, 2.75) is 25.3 Å². The summed E-state index contributed by atoms with van der Waals surface area (Å²) in [6.45, 7) is 0. The Balaban J connectivity index is 2.00. The Morgan fingerprint density at radius 3 is 2.68 bits per heavy atom. The number of hydrogen-bond donors (Lipinski definition) is 3. The van der Waals surface area contributed by atoms with Crippen LogP contribution in [0.1, 0.15) is 29.6 Å². The van der Waals surface area contributed by atoms with Crippen LogP contribution < -0.4 is 16.8 Å². The minimum Gasteiger partial charge on any atom is -0.366 e. The smallest absolute Gasteiger partial charge is 0.250 e. The van der Waals surface area contributed by atoms with Gasteiger partial charge in [0.25, 0.3) is 0 Å². The number of rotatable bonds is 5. The fourth-order valence-corrected chi connectivity index (χ4v) is 2.12. The monoisotopic (exact) mass is 281 g/mol. The Bertz CT molecular complexity index is 515. The summed E-state index contributed by atoms with van der Waals surface area (Å²) in [5.41, 5.74) is 11.7. The van der Waals surface area contributed by atoms with E-state index in [1.807, 2.05) is 0 Å². The third-order valence-corrected chi connectivity index (χ3v) is 3.49. The van der Waals surface area contributed by atoms with Crippen LogP contribution in [0.3, 0.4) is 0 Å². The number of carbonyl (C=O) groups excluding carboxylic acids is 2. The second kappa shape index (κ2) is 5.59. The van der Waals surface area contributed by atoms with E-state index in [2.05, 4.69) is 5.32 Å². The predicted octanol–water partition coefficient (Wildman–Crippen LogP) is 1.50. The summed E-state index contributed by atoms with van der Waals surface area (Å²) in [4.78, 5) is 22.9. The first-order valence-corrected chi connectivity index (χ1v) is 6.50. The molecule has 0 aromatic heterocycles. The number of nitrogens with one attached hydrogen (secondary N) is 1. The van der Waals surface area contributed by atoms with Gasteiger partial charge in [-0.2, -0.15) is 0 Å². The van der Waals surface area contributed by atoms with Crippen molar-refractivity contribution in [2.75, 3.05) is 5.32 Å². The summed E-state index contributed by atoms with van der Waals surface area (Å²) in [5, 5.41) is 2.96. The Morgan fingerprint density at radius 1 is 1.42 bits per heavy atom. The molecule has 2 rings (SSSR count). The van der Waals surface area contributed by atoms with E-state index in [9.17, 15) is 9.59 Å². The third-order valence-electron chi connectivity index (χ3n) is 3.16. The normalized spacial score (nSPS) is 15.9. The number of hydrogen-bond acceptors (Lipinski definition) is 3. The molecule has 1 aromatic carbocycles. The average molecular weight is 282 g/mol. The van der Waals surface area contributed by atoms with Gasteiger partial charge >= 0.3 is 0 Å². The van der Waals surface area contributed by atoms with Crippen LogP contribution in [0.2, 0.25) is 5.02 Å². The van der Waals surface area contributed by atoms with E-state index in [0.717, 1.165) is 12.8 Å². The molecule has 1 aromatic rings. The van der Waals surface area contributed by atoms with Crippen molar-refractivity contribution in [3.05, 3.63) is 28.8 Å². The molecule has 0 bridgehead atoms. The molecule has 0 heterocycles. The largest absolute Gasteiger partial charge is 0.366 e. The molecule has 5 nitrogen and oxygen atoms in total. The third kappa shape index (κ3) is 3.68. The van der Waals surface area contributed by atoms with Crippen molar-refractivity contribution in [2.24, 2.45) is 17.4 Å². The van der Waals surface area contributed by atoms with Gasteiger partial charge in [-0.1, -0.05) is 11.6 Å². The molecule has 19 heavy (non-hydrogen) atoms. The van der Waals surface area contributed by atoms with Crippen molar-refractivity contribution < 1.29 is 9.59 Å². The first-order chi connectivity index (χ1) is 8.97. The fraction of sp³-hybridized carbons (Fsp3) is 0.385. The SMILES string of the molecule is NC(=O)c1cc(NC(=O)CC(N)C2CC2)ccc1Cl. The van der Waals surface area contributed by atoms with Crippen LogP contribution in [0, 0.1) is 5.92 Å². The minimum atomic E-state index is -0.629. The van der Waals surface area contributed by atoms with Gasteiger partial charge in [0, 0.05) is 18.2 Å². The van der Waals surface area contributed by atoms with Gasteiger partial charge in [-0.25, -0.2) is 0 Å². The number of nitrogens with two attached hydrogens (primary N) is 2. The standard InChI is InChI=1S/C13H16ClN3O2/c14-10-4-3-8(5-9(10)13(16)19)17-12(18)6-11(15)7-1-2-7/h3-5,7,11H,1-2,6,15H2,(H2,16,19)(H,17,18). The molecule has 1 aliphatic carbocycles. The summed E-state index contributed by atoms with van der Waals surface area (Å²) in [6.07, 6.45) is 2.47. The van der Waals surface area contributed by atoms with Gasteiger partial charge < -0.3 is 16.8 Å². The van der Waals surface area contributed by atoms with Gasteiger partial charge in [0.05, 0.1) is 10.6 Å². The van der Waals surface area contributed by atoms with Crippen molar-refractivity contribution in [1.82, 2.24) is 0 Å². The molecule has 0 aliphatic heterocycles. The molecule has 5 N–H and O–H groups in total. The lowest BCUT2D eigenvalue weighted by Crippen LogP contribution is -2.28. The number of halogens is 1. The zero-order chi connectivity index (χ0) is 14.0. The van der Waals surface area contributed by atoms with Crippen molar-refractivity contribution in [1.29, 1.82) is 0 Å². The maximum atomic E-state index is 11.8. The molecule has 1 atom stereocenters. The van der Waals surface area contributed by atoms with E-state index < -0.39 is 5.91 Å². The van der Waals surface area contributed by atoms with Gasteiger partial charge in [0.15, 0.2) is 0 Å². The number of carbonyl (C=O) groups is 2. The molecule has 6 heteroatoms. The molecule has 1 aliphatic rings. The Labute approximate surface area is 116 Å². The highest BCUT2D eigenvalue weighted by molar-refractivity contribution is 6.33. The van der Waals surface area contributed by atoms with Crippen molar-refractivity contribution in [3.8, 4) is 0 Å². The predicted molar refractivity (Wildman–Crippen MR) is 73.9 cm³/mol. The van der Waals surface area contributed by atoms with Crippen LogP contribution in [0.5, 0.6) is 0 Å². The first-order valence-electron chi connectivity index (χ1n) is 6.12. The van der Waals surface area contributed by atoms with E-state index in [0.29, 0.717) is 11.6 Å². The lowest BCUT2D eigenvalue weighted by atomic mass is 10.1. The average Bonchev–Trinajstić information content (AvgIpc) is 3.15. The lowest BCUT2D eigenvalue weighted by Gasteiger charge is -2.11. The zero-order valence-electron chi connectivity index (χ0n) is 10.4. The van der Waals surface area contributed by atoms with Crippen LogP contribution in [0.25, 0.3) is 0 Å². The highest BCUT2D eigenvalue weighted by atomic mass is 35.5. The van der Waals surface area contributed by atoms with Gasteiger partial charge in [-0.15, -0.1) is 0 Å². The highest BCUT2D eigenvalue weighted by Crippen LogP contribution is 2.32. The molecule has 0 radical (unpaired) electrons. The van der Waals surface area contributed by atoms with E-state index in [4.69, 9.17) is 23.1 Å². The molecule has 1 saturated carbocycles. The molecule has 1 fully saturated rings. The van der Waals surface area contributed by atoms with Gasteiger partial charge in [-0.3, -0.25) is 9.59 Å². The topological polar surface area (TPSA) is 98.2 Å². The molecule has 0 saturated heterocycles. The molecule has 1 unspecified atom stereocenters. The van der Waals surface area contributed by atoms with Crippen LogP contribution >= 0.6 is 11.6 Å². The molecule has 2 amide bonds. The van der Waals surface area contributed by atoms with E-state index in [1.165, 1.54) is 12.1 Å². The second-order valence-electron chi connectivity index (χ2n) is 4.81. The summed E-state index contributed by atoms with van der Waals surface area (Å²) >= 11 is 5.83. The van der Waals surface area contributed by atoms with Gasteiger partial charge in [-0.05, 0) is 37.0 Å².